The van der Waals surface area contributed by atoms with Gasteiger partial charge >= 0.3 is 5.97 Å². The van der Waals surface area contributed by atoms with Gasteiger partial charge in [-0.15, -0.1) is 23.1 Å². The molecule has 168 valence electrons. The number of carbonyl (C=O) groups excluding carboxylic acids is 2. The second-order valence-corrected chi connectivity index (χ2v) is 11.4. The van der Waals surface area contributed by atoms with Crippen LogP contribution in [-0.2, 0) is 25.2 Å². The Morgan fingerprint density at radius 1 is 1.41 bits per heavy atom. The van der Waals surface area contributed by atoms with Gasteiger partial charge in [0, 0.05) is 22.7 Å². The zero-order valence-electron chi connectivity index (χ0n) is 16.2. The fourth-order valence-corrected chi connectivity index (χ4v) is 7.49. The number of β-lactam (4-membered cyclic amide) rings is 1. The maximum absolute atomic E-state index is 12.7. The quantitative estimate of drug-likeness (QED) is 0.222. The molecule has 3 atom stereocenters. The third kappa shape index (κ3) is 4.53. The average Bonchev–Trinajstić information content (AvgIpc) is 3.31. The number of amides is 2. The van der Waals surface area contributed by atoms with Crippen molar-refractivity contribution in [2.45, 2.75) is 20.7 Å². The molecule has 2 aliphatic rings. The van der Waals surface area contributed by atoms with Crippen LogP contribution in [0.1, 0.15) is 0 Å². The van der Waals surface area contributed by atoms with Crippen molar-refractivity contribution in [2.24, 2.45) is 0 Å². The fraction of sp³-hybridized carbons (Fsp3) is 0.278. The maximum atomic E-state index is 12.7. The molecule has 0 aromatic carbocycles. The zero-order chi connectivity index (χ0) is 22.8. The lowest BCUT2D eigenvalue weighted by molar-refractivity contribution is -0.706. The summed E-state index contributed by atoms with van der Waals surface area (Å²) in [6.07, 6.45) is 1.35. The number of aromatic nitrogens is 2. The lowest BCUT2D eigenvalue weighted by atomic mass is 10.0. The summed E-state index contributed by atoms with van der Waals surface area (Å²) in [5.74, 6) is -2.05. The molecule has 4 heterocycles. The first kappa shape index (κ1) is 22.8. The van der Waals surface area contributed by atoms with E-state index in [2.05, 4.69) is 10.4 Å². The Bertz CT molecular complexity index is 1120. The van der Waals surface area contributed by atoms with Crippen molar-refractivity contribution < 1.29 is 28.5 Å². The van der Waals surface area contributed by atoms with Crippen LogP contribution in [0.3, 0.4) is 0 Å². The average molecular weight is 513 g/mol. The number of carboxylic acids is 1. The minimum atomic E-state index is -1.50. The molecule has 32 heavy (non-hydrogen) atoms. The molecule has 1 fully saturated rings. The van der Waals surface area contributed by atoms with Gasteiger partial charge in [-0.05, 0) is 39.7 Å². The van der Waals surface area contributed by atoms with Gasteiger partial charge in [-0.1, -0.05) is 6.07 Å². The monoisotopic (exact) mass is 512 g/mol. The Morgan fingerprint density at radius 3 is 2.91 bits per heavy atom. The van der Waals surface area contributed by atoms with E-state index < -0.39 is 40.0 Å². The second-order valence-electron chi connectivity index (χ2n) is 6.66. The third-order valence-corrected chi connectivity index (χ3v) is 9.66. The van der Waals surface area contributed by atoms with Crippen LogP contribution in [0.25, 0.3) is 0 Å². The first-order valence-corrected chi connectivity index (χ1v) is 13.4. The molecule has 1 saturated heterocycles. The van der Waals surface area contributed by atoms with E-state index >= 15 is 0 Å². The van der Waals surface area contributed by atoms with E-state index in [9.17, 15) is 28.9 Å². The van der Waals surface area contributed by atoms with Crippen molar-refractivity contribution in [3.63, 3.8) is 0 Å². The zero-order valence-corrected chi connectivity index (χ0v) is 19.5. The molecule has 10 nitrogen and oxygen atoms in total. The molecule has 2 aromatic heterocycles. The molecule has 0 aliphatic carbocycles. The summed E-state index contributed by atoms with van der Waals surface area (Å²) in [6, 6.07) is 5.71. The smallest absolute Gasteiger partial charge is 0.352 e. The van der Waals surface area contributed by atoms with Crippen molar-refractivity contribution in [1.29, 1.82) is 0 Å². The minimum absolute atomic E-state index is 0.125. The predicted molar refractivity (Wildman–Crippen MR) is 119 cm³/mol. The molecule has 0 saturated carbocycles. The van der Waals surface area contributed by atoms with Gasteiger partial charge in [0.15, 0.2) is 0 Å². The van der Waals surface area contributed by atoms with E-state index in [0.717, 1.165) is 11.8 Å². The molecule has 2 amide bonds. The van der Waals surface area contributed by atoms with Crippen LogP contribution in [0.4, 0.5) is 0 Å². The van der Waals surface area contributed by atoms with E-state index in [1.807, 2.05) is 0 Å². The molecule has 4 rings (SSSR count). The van der Waals surface area contributed by atoms with E-state index in [-0.39, 0.29) is 17.2 Å². The first-order chi connectivity index (χ1) is 15.4. The third-order valence-electron chi connectivity index (χ3n) is 4.63. The predicted octanol–water partition coefficient (Wildman–Crippen LogP) is 0.415. The number of hydrogen-bond acceptors (Lipinski definition) is 9. The van der Waals surface area contributed by atoms with Gasteiger partial charge in [-0.3, -0.25) is 18.7 Å². The van der Waals surface area contributed by atoms with Crippen LogP contribution in [0, 0.1) is 5.21 Å². The van der Waals surface area contributed by atoms with Crippen molar-refractivity contribution in [1.82, 2.24) is 15.3 Å². The Hall–Kier alpha value is -2.42. The Labute approximate surface area is 197 Å². The summed E-state index contributed by atoms with van der Waals surface area (Å²) in [5.41, 5.74) is 0.379. The number of thiophene rings is 1. The highest BCUT2D eigenvalue weighted by molar-refractivity contribution is 8.01. The van der Waals surface area contributed by atoms with E-state index in [1.165, 1.54) is 34.2 Å². The Kier molecular flexibility index (Phi) is 6.83. The summed E-state index contributed by atoms with van der Waals surface area (Å²) in [7, 11) is -1.50. The molecule has 0 radical (unpaired) electrons. The molecule has 2 aliphatic heterocycles. The van der Waals surface area contributed by atoms with Gasteiger partial charge in [-0.2, -0.15) is 0 Å². The highest BCUT2D eigenvalue weighted by Crippen LogP contribution is 2.41. The summed E-state index contributed by atoms with van der Waals surface area (Å²) < 4.78 is 12.8. The van der Waals surface area contributed by atoms with Gasteiger partial charge in [0.2, 0.25) is 5.91 Å². The SMILES string of the molecule is O=C(CS(=O)c1cccs1)NC1C(=O)N2C(C(=O)O)=C(CSc3cccn[n+]3[O-])CS[C@@H]12. The number of carboxylic acid groups (broad SMARTS) is 1. The molecular formula is C18H16N4O6S4. The van der Waals surface area contributed by atoms with Gasteiger partial charge in [0.05, 0.1) is 21.2 Å². The van der Waals surface area contributed by atoms with E-state index in [1.54, 1.807) is 29.6 Å². The summed E-state index contributed by atoms with van der Waals surface area (Å²) in [5, 5.41) is 29.1. The number of aliphatic carboxylic acids is 1. The maximum Gasteiger partial charge on any atom is 0.352 e. The molecular weight excluding hydrogens is 496 g/mol. The molecule has 2 N–H and O–H groups in total. The summed E-state index contributed by atoms with van der Waals surface area (Å²) in [6.45, 7) is 0. The van der Waals surface area contributed by atoms with Crippen molar-refractivity contribution in [3.05, 3.63) is 52.3 Å². The number of fused-ring (bicyclic) bond motifs is 1. The van der Waals surface area contributed by atoms with E-state index in [0.29, 0.717) is 25.4 Å². The van der Waals surface area contributed by atoms with Crippen LogP contribution in [0.5, 0.6) is 0 Å². The molecule has 2 unspecified atom stereocenters. The molecule has 0 spiro atoms. The van der Waals surface area contributed by atoms with Crippen molar-refractivity contribution >= 4 is 63.4 Å². The van der Waals surface area contributed by atoms with Gasteiger partial charge < -0.3 is 15.6 Å². The van der Waals surface area contributed by atoms with Crippen molar-refractivity contribution in [3.8, 4) is 0 Å². The fourth-order valence-electron chi connectivity index (χ4n) is 3.20. The van der Waals surface area contributed by atoms with E-state index in [4.69, 9.17) is 0 Å². The van der Waals surface area contributed by atoms with Crippen molar-refractivity contribution in [2.75, 3.05) is 17.3 Å². The van der Waals surface area contributed by atoms with Gasteiger partial charge in [-0.25, -0.2) is 4.79 Å². The summed E-state index contributed by atoms with van der Waals surface area (Å²) >= 11 is 3.75. The van der Waals surface area contributed by atoms with Gasteiger partial charge in [0.25, 0.3) is 10.9 Å². The standard InChI is InChI=1S/C18H16N4O6S4/c23-11(9-32(28)13-4-2-6-29-13)20-14-16(24)21-15(18(25)26)10(8-31-17(14)21)7-30-12-3-1-5-19-22(12)27/h1-6,14,17H,7-9H2,(H,20,23)(H,25,26)/t14?,17-,32?/m0/s1. The summed E-state index contributed by atoms with van der Waals surface area (Å²) in [4.78, 5) is 38.5. The number of nitrogens with one attached hydrogen (secondary N) is 1. The minimum Gasteiger partial charge on any atom is -0.593 e. The number of thioether (sulfide) groups is 2. The normalized spacial score (nSPS) is 21.0. The van der Waals surface area contributed by atoms with Crippen LogP contribution in [-0.4, -0.2) is 65.8 Å². The highest BCUT2D eigenvalue weighted by Gasteiger charge is 2.54. The first-order valence-electron chi connectivity index (χ1n) is 9.15. The van der Waals surface area contributed by atoms with Crippen LogP contribution < -0.4 is 10.2 Å². The van der Waals surface area contributed by atoms with Crippen LogP contribution in [0.15, 0.2) is 56.3 Å². The Balaban J connectivity index is 1.42. The Morgan fingerprint density at radius 2 is 2.22 bits per heavy atom. The number of rotatable bonds is 8. The molecule has 0 bridgehead atoms. The molecule has 2 aromatic rings. The number of carbonyl (C=O) groups is 3. The largest absolute Gasteiger partial charge is 0.593 e. The molecule has 14 heteroatoms. The lowest BCUT2D eigenvalue weighted by Gasteiger charge is -2.49. The second kappa shape index (κ2) is 9.60. The lowest BCUT2D eigenvalue weighted by Crippen LogP contribution is -2.70. The van der Waals surface area contributed by atoms with Crippen LogP contribution >= 0.6 is 34.9 Å². The highest BCUT2D eigenvalue weighted by atomic mass is 32.2. The number of hydrogen-bond donors (Lipinski definition) is 2. The van der Waals surface area contributed by atoms with Crippen LogP contribution in [0.2, 0.25) is 0 Å². The topological polar surface area (TPSA) is 144 Å². The van der Waals surface area contributed by atoms with Gasteiger partial charge in [0.1, 0.15) is 22.9 Å². The number of nitrogens with zero attached hydrogens (tertiary/aromatic N) is 3.